The molecule has 5 nitrogen and oxygen atoms in total. The lowest BCUT2D eigenvalue weighted by Gasteiger charge is -2.33. The second-order valence-electron chi connectivity index (χ2n) is 6.39. The van der Waals surface area contributed by atoms with Crippen LogP contribution in [0.4, 0.5) is 0 Å². The van der Waals surface area contributed by atoms with E-state index in [1.54, 1.807) is 21.3 Å². The molecule has 0 radical (unpaired) electrons. The van der Waals surface area contributed by atoms with Gasteiger partial charge in [-0.15, -0.1) is 0 Å². The summed E-state index contributed by atoms with van der Waals surface area (Å²) in [5.74, 6) is 2.58. The molecular formula is C21H28N2O3. The topological polar surface area (TPSA) is 43.0 Å². The average molecular weight is 356 g/mol. The van der Waals surface area contributed by atoms with E-state index >= 15 is 0 Å². The predicted molar refractivity (Wildman–Crippen MR) is 103 cm³/mol. The van der Waals surface area contributed by atoms with Gasteiger partial charge in [0.2, 0.25) is 0 Å². The third kappa shape index (κ3) is 3.94. The van der Waals surface area contributed by atoms with Gasteiger partial charge in [-0.3, -0.25) is 4.90 Å². The molecule has 1 unspecified atom stereocenters. The van der Waals surface area contributed by atoms with Crippen molar-refractivity contribution in [2.75, 3.05) is 47.5 Å². The molecule has 1 aliphatic rings. The quantitative estimate of drug-likeness (QED) is 0.862. The van der Waals surface area contributed by atoms with Gasteiger partial charge in [0.15, 0.2) is 0 Å². The molecule has 1 saturated heterocycles. The normalized spacial score (nSPS) is 16.6. The molecule has 0 spiro atoms. The molecule has 0 aromatic heterocycles. The van der Waals surface area contributed by atoms with Crippen LogP contribution in [0.2, 0.25) is 0 Å². The molecule has 1 atom stereocenters. The van der Waals surface area contributed by atoms with Crippen LogP contribution < -0.4 is 19.5 Å². The summed E-state index contributed by atoms with van der Waals surface area (Å²) in [7, 11) is 5.14. The van der Waals surface area contributed by atoms with Gasteiger partial charge in [-0.25, -0.2) is 0 Å². The molecular weight excluding hydrogens is 328 g/mol. The van der Waals surface area contributed by atoms with E-state index in [9.17, 15) is 0 Å². The Balaban J connectivity index is 2.14. The van der Waals surface area contributed by atoms with E-state index in [0.717, 1.165) is 61.0 Å². The van der Waals surface area contributed by atoms with Gasteiger partial charge in [0.1, 0.15) is 17.2 Å². The molecule has 26 heavy (non-hydrogen) atoms. The SMILES string of the molecule is COc1ccc(OC)c(C(c2ccccc2OC)N2CCCNCC2)c1. The van der Waals surface area contributed by atoms with Crippen LogP contribution in [0.5, 0.6) is 17.2 Å². The lowest BCUT2D eigenvalue weighted by Crippen LogP contribution is -2.33. The molecule has 0 saturated carbocycles. The first-order valence-corrected chi connectivity index (χ1v) is 9.08. The smallest absolute Gasteiger partial charge is 0.124 e. The summed E-state index contributed by atoms with van der Waals surface area (Å²) < 4.78 is 16.9. The number of rotatable bonds is 6. The van der Waals surface area contributed by atoms with Crippen molar-refractivity contribution < 1.29 is 14.2 Å². The van der Waals surface area contributed by atoms with Crippen molar-refractivity contribution in [3.8, 4) is 17.2 Å². The highest BCUT2D eigenvalue weighted by molar-refractivity contribution is 5.49. The first-order chi connectivity index (χ1) is 12.8. The summed E-state index contributed by atoms with van der Waals surface area (Å²) in [6, 6.07) is 14.3. The van der Waals surface area contributed by atoms with Gasteiger partial charge >= 0.3 is 0 Å². The third-order valence-electron chi connectivity index (χ3n) is 4.90. The van der Waals surface area contributed by atoms with Crippen LogP contribution in [0.15, 0.2) is 42.5 Å². The first-order valence-electron chi connectivity index (χ1n) is 9.08. The van der Waals surface area contributed by atoms with Gasteiger partial charge in [-0.2, -0.15) is 0 Å². The summed E-state index contributed by atoms with van der Waals surface area (Å²) in [4.78, 5) is 2.50. The van der Waals surface area contributed by atoms with E-state index in [1.807, 2.05) is 24.3 Å². The van der Waals surface area contributed by atoms with E-state index < -0.39 is 0 Å². The number of nitrogens with zero attached hydrogens (tertiary/aromatic N) is 1. The monoisotopic (exact) mass is 356 g/mol. The maximum Gasteiger partial charge on any atom is 0.124 e. The lowest BCUT2D eigenvalue weighted by atomic mass is 9.94. The van der Waals surface area contributed by atoms with Crippen molar-refractivity contribution in [2.45, 2.75) is 12.5 Å². The van der Waals surface area contributed by atoms with Crippen molar-refractivity contribution in [3.05, 3.63) is 53.6 Å². The molecule has 3 rings (SSSR count). The highest BCUT2D eigenvalue weighted by Crippen LogP contribution is 2.40. The summed E-state index contributed by atoms with van der Waals surface area (Å²) in [6.07, 6.45) is 1.11. The molecule has 1 fully saturated rings. The Kier molecular flexibility index (Phi) is 6.36. The van der Waals surface area contributed by atoms with Gasteiger partial charge in [0.05, 0.1) is 27.4 Å². The Labute approximate surface area is 155 Å². The Morgan fingerprint density at radius 1 is 0.846 bits per heavy atom. The fraction of sp³-hybridized carbons (Fsp3) is 0.429. The lowest BCUT2D eigenvalue weighted by molar-refractivity contribution is 0.231. The van der Waals surface area contributed by atoms with Crippen molar-refractivity contribution >= 4 is 0 Å². The Bertz CT molecular complexity index is 712. The summed E-state index contributed by atoms with van der Waals surface area (Å²) >= 11 is 0. The van der Waals surface area contributed by atoms with Gasteiger partial charge in [-0.1, -0.05) is 18.2 Å². The Hall–Kier alpha value is -2.24. The number of nitrogens with one attached hydrogen (secondary N) is 1. The largest absolute Gasteiger partial charge is 0.497 e. The van der Waals surface area contributed by atoms with E-state index in [1.165, 1.54) is 0 Å². The van der Waals surface area contributed by atoms with Crippen LogP contribution in [0.25, 0.3) is 0 Å². The fourth-order valence-electron chi connectivity index (χ4n) is 3.63. The second-order valence-corrected chi connectivity index (χ2v) is 6.39. The van der Waals surface area contributed by atoms with Gasteiger partial charge < -0.3 is 19.5 Å². The highest BCUT2D eigenvalue weighted by Gasteiger charge is 2.28. The number of para-hydroxylation sites is 1. The molecule has 0 aliphatic carbocycles. The highest BCUT2D eigenvalue weighted by atomic mass is 16.5. The van der Waals surface area contributed by atoms with E-state index in [4.69, 9.17) is 14.2 Å². The van der Waals surface area contributed by atoms with Crippen molar-refractivity contribution in [1.82, 2.24) is 10.2 Å². The Morgan fingerprint density at radius 3 is 2.38 bits per heavy atom. The van der Waals surface area contributed by atoms with Crippen molar-refractivity contribution in [3.63, 3.8) is 0 Å². The van der Waals surface area contributed by atoms with E-state index in [0.29, 0.717) is 0 Å². The van der Waals surface area contributed by atoms with E-state index in [2.05, 4.69) is 28.4 Å². The fourth-order valence-corrected chi connectivity index (χ4v) is 3.63. The van der Waals surface area contributed by atoms with E-state index in [-0.39, 0.29) is 6.04 Å². The minimum absolute atomic E-state index is 0.0381. The zero-order valence-corrected chi connectivity index (χ0v) is 15.8. The van der Waals surface area contributed by atoms with Crippen LogP contribution in [0, 0.1) is 0 Å². The van der Waals surface area contributed by atoms with Crippen LogP contribution in [0.1, 0.15) is 23.6 Å². The summed E-state index contributed by atoms with van der Waals surface area (Å²) in [5, 5.41) is 3.49. The first kappa shape index (κ1) is 18.5. The van der Waals surface area contributed by atoms with Crippen LogP contribution in [0.3, 0.4) is 0 Å². The second kappa shape index (κ2) is 8.92. The summed E-state index contributed by atoms with van der Waals surface area (Å²) in [5.41, 5.74) is 2.24. The number of benzene rings is 2. The number of hydrogen-bond donors (Lipinski definition) is 1. The number of hydrogen-bond acceptors (Lipinski definition) is 5. The van der Waals surface area contributed by atoms with Crippen LogP contribution in [-0.2, 0) is 0 Å². The molecule has 5 heteroatoms. The van der Waals surface area contributed by atoms with Gasteiger partial charge in [-0.05, 0) is 37.2 Å². The molecule has 1 heterocycles. The number of ether oxygens (including phenoxy) is 3. The van der Waals surface area contributed by atoms with Crippen LogP contribution >= 0.6 is 0 Å². The number of methoxy groups -OCH3 is 3. The maximum atomic E-state index is 5.70. The maximum absolute atomic E-state index is 5.70. The average Bonchev–Trinajstić information content (AvgIpc) is 2.98. The molecule has 2 aromatic carbocycles. The molecule has 0 bridgehead atoms. The van der Waals surface area contributed by atoms with Crippen LogP contribution in [-0.4, -0.2) is 52.4 Å². The minimum atomic E-state index is 0.0381. The van der Waals surface area contributed by atoms with Crippen molar-refractivity contribution in [1.29, 1.82) is 0 Å². The van der Waals surface area contributed by atoms with Gasteiger partial charge in [0.25, 0.3) is 0 Å². The standard InChI is InChI=1S/C21H28N2O3/c1-24-16-9-10-20(26-3)18(15-16)21(23-13-6-11-22-12-14-23)17-7-4-5-8-19(17)25-2/h4-5,7-10,15,21-22H,6,11-14H2,1-3H3. The Morgan fingerprint density at radius 2 is 1.62 bits per heavy atom. The zero-order chi connectivity index (χ0) is 18.4. The summed E-state index contributed by atoms with van der Waals surface area (Å²) in [6.45, 7) is 3.99. The van der Waals surface area contributed by atoms with Gasteiger partial charge in [0, 0.05) is 30.8 Å². The molecule has 1 aliphatic heterocycles. The zero-order valence-electron chi connectivity index (χ0n) is 15.8. The van der Waals surface area contributed by atoms with Crippen molar-refractivity contribution in [2.24, 2.45) is 0 Å². The minimum Gasteiger partial charge on any atom is -0.497 e. The molecule has 0 amide bonds. The third-order valence-corrected chi connectivity index (χ3v) is 4.90. The molecule has 140 valence electrons. The molecule has 2 aromatic rings. The molecule has 1 N–H and O–H groups in total. The predicted octanol–water partition coefficient (Wildman–Crippen LogP) is 3.10.